The highest BCUT2D eigenvalue weighted by Gasteiger charge is 2.40. The van der Waals surface area contributed by atoms with E-state index in [4.69, 9.17) is 4.42 Å². The topological polar surface area (TPSA) is 123 Å². The average Bonchev–Trinajstić information content (AvgIpc) is 3.41. The van der Waals surface area contributed by atoms with Gasteiger partial charge in [0.05, 0.1) is 0 Å². The Morgan fingerprint density at radius 2 is 2.22 bits per heavy atom. The number of rotatable bonds is 5. The van der Waals surface area contributed by atoms with Crippen molar-refractivity contribution in [2.75, 3.05) is 11.9 Å². The zero-order valence-corrected chi connectivity index (χ0v) is 15.9. The van der Waals surface area contributed by atoms with Gasteiger partial charge in [0.15, 0.2) is 0 Å². The van der Waals surface area contributed by atoms with Gasteiger partial charge in [-0.05, 0) is 30.4 Å². The molecule has 12 heteroatoms. The number of aryl methyl sites for hydroxylation is 1. The largest absolute Gasteiger partial charge is 0.401 e. The highest BCUT2D eigenvalue weighted by atomic mass is 32.2. The number of hydrogen-bond acceptors (Lipinski definition) is 8. The van der Waals surface area contributed by atoms with E-state index in [1.54, 1.807) is 35.4 Å². The van der Waals surface area contributed by atoms with Crippen LogP contribution in [0.5, 0.6) is 0 Å². The van der Waals surface area contributed by atoms with Crippen LogP contribution in [0.4, 0.5) is 6.01 Å². The first kappa shape index (κ1) is 17.8. The summed E-state index contributed by atoms with van der Waals surface area (Å²) >= 11 is 1.13. The van der Waals surface area contributed by atoms with Gasteiger partial charge in [0.1, 0.15) is 15.9 Å². The minimum Gasteiger partial charge on any atom is -0.401 e. The van der Waals surface area contributed by atoms with Crippen molar-refractivity contribution < 1.29 is 17.6 Å². The molecule has 1 unspecified atom stereocenters. The lowest BCUT2D eigenvalue weighted by Gasteiger charge is -2.21. The predicted octanol–water partition coefficient (Wildman–Crippen LogP) is 1.32. The smallest absolute Gasteiger partial charge is 0.322 e. The number of hydrogen-bond donors (Lipinski definition) is 1. The standard InChI is InChI=1S/C15H16N6O4S2/c1-20-8-6-10(19-20)14-17-18-15(25-14)16-13(22)11-4-2-7-21(11)27(23,24)12-5-3-9-26-12/h3,5-6,8-9,11H,2,4,7H2,1H3,(H,16,18,22). The molecule has 142 valence electrons. The molecule has 0 spiro atoms. The van der Waals surface area contributed by atoms with Gasteiger partial charge in [-0.25, -0.2) is 8.42 Å². The Hall–Kier alpha value is -2.57. The van der Waals surface area contributed by atoms with Crippen molar-refractivity contribution in [1.82, 2.24) is 24.3 Å². The molecule has 1 amide bonds. The Morgan fingerprint density at radius 1 is 1.37 bits per heavy atom. The van der Waals surface area contributed by atoms with E-state index in [1.807, 2.05) is 0 Å². The average molecular weight is 408 g/mol. The Morgan fingerprint density at radius 3 is 2.93 bits per heavy atom. The second-order valence-corrected chi connectivity index (χ2v) is 9.05. The molecule has 0 radical (unpaired) electrons. The van der Waals surface area contributed by atoms with Crippen LogP contribution in [0.3, 0.4) is 0 Å². The zero-order chi connectivity index (χ0) is 19.0. The molecule has 1 atom stereocenters. The fraction of sp³-hybridized carbons (Fsp3) is 0.333. The molecule has 1 fully saturated rings. The summed E-state index contributed by atoms with van der Waals surface area (Å²) in [6.07, 6.45) is 2.76. The Bertz CT molecular complexity index is 1060. The van der Waals surface area contributed by atoms with Crippen LogP contribution in [0, 0.1) is 0 Å². The van der Waals surface area contributed by atoms with Crippen molar-refractivity contribution in [2.24, 2.45) is 7.05 Å². The number of carbonyl (C=O) groups is 1. The first-order valence-corrected chi connectivity index (χ1v) is 10.5. The molecule has 1 saturated heterocycles. The second-order valence-electron chi connectivity index (χ2n) is 5.98. The number of nitrogens with zero attached hydrogens (tertiary/aromatic N) is 5. The Balaban J connectivity index is 1.50. The lowest BCUT2D eigenvalue weighted by atomic mass is 10.2. The molecule has 3 aromatic heterocycles. The summed E-state index contributed by atoms with van der Waals surface area (Å²) < 4.78 is 33.9. The highest BCUT2D eigenvalue weighted by molar-refractivity contribution is 7.91. The van der Waals surface area contributed by atoms with Gasteiger partial charge in [-0.1, -0.05) is 11.2 Å². The highest BCUT2D eigenvalue weighted by Crippen LogP contribution is 2.29. The van der Waals surface area contributed by atoms with Crippen LogP contribution in [-0.2, 0) is 21.9 Å². The molecule has 10 nitrogen and oxygen atoms in total. The van der Waals surface area contributed by atoms with Gasteiger partial charge in [0.25, 0.3) is 15.9 Å². The summed E-state index contributed by atoms with van der Waals surface area (Å²) in [7, 11) is -1.95. The lowest BCUT2D eigenvalue weighted by molar-refractivity contribution is -0.119. The third-order valence-electron chi connectivity index (χ3n) is 4.15. The van der Waals surface area contributed by atoms with Crippen LogP contribution in [0.25, 0.3) is 11.6 Å². The molecule has 1 aliphatic heterocycles. The molecule has 0 saturated carbocycles. The van der Waals surface area contributed by atoms with Crippen LogP contribution in [0.2, 0.25) is 0 Å². The number of nitrogens with one attached hydrogen (secondary N) is 1. The molecule has 1 aliphatic rings. The van der Waals surface area contributed by atoms with E-state index in [0.717, 1.165) is 11.3 Å². The number of carbonyl (C=O) groups excluding carboxylic acids is 1. The van der Waals surface area contributed by atoms with Gasteiger partial charge in [-0.2, -0.15) is 9.40 Å². The fourth-order valence-electron chi connectivity index (χ4n) is 2.91. The van der Waals surface area contributed by atoms with E-state index in [2.05, 4.69) is 20.6 Å². The third-order valence-corrected chi connectivity index (χ3v) is 7.43. The maximum atomic E-state index is 12.7. The van der Waals surface area contributed by atoms with Gasteiger partial charge >= 0.3 is 6.01 Å². The second kappa shape index (κ2) is 6.87. The van der Waals surface area contributed by atoms with Crippen LogP contribution < -0.4 is 5.32 Å². The summed E-state index contributed by atoms with van der Waals surface area (Å²) in [5.74, 6) is -0.329. The van der Waals surface area contributed by atoms with Crippen molar-refractivity contribution in [3.05, 3.63) is 29.8 Å². The maximum Gasteiger partial charge on any atom is 0.322 e. The predicted molar refractivity (Wildman–Crippen MR) is 96.4 cm³/mol. The minimum absolute atomic E-state index is 0.0963. The molecule has 0 aromatic carbocycles. The van der Waals surface area contributed by atoms with Crippen molar-refractivity contribution in [3.63, 3.8) is 0 Å². The lowest BCUT2D eigenvalue weighted by Crippen LogP contribution is -2.42. The fourth-order valence-corrected chi connectivity index (χ4v) is 5.69. The molecule has 4 rings (SSSR count). The molecular weight excluding hydrogens is 392 g/mol. The van der Waals surface area contributed by atoms with Crippen LogP contribution in [0.1, 0.15) is 12.8 Å². The summed E-state index contributed by atoms with van der Waals surface area (Å²) in [5.41, 5.74) is 0.480. The third kappa shape index (κ3) is 3.38. The van der Waals surface area contributed by atoms with Gasteiger partial charge < -0.3 is 4.42 Å². The number of sulfonamides is 1. The molecule has 4 heterocycles. The molecule has 1 N–H and O–H groups in total. The van der Waals surface area contributed by atoms with Gasteiger partial charge in [-0.15, -0.1) is 16.4 Å². The van der Waals surface area contributed by atoms with Crippen LogP contribution >= 0.6 is 11.3 Å². The summed E-state index contributed by atoms with van der Waals surface area (Å²) in [6.45, 7) is 0.293. The van der Waals surface area contributed by atoms with E-state index in [1.165, 1.54) is 10.4 Å². The molecule has 27 heavy (non-hydrogen) atoms. The maximum absolute atomic E-state index is 12.7. The number of anilines is 1. The molecular formula is C15H16N6O4S2. The van der Waals surface area contributed by atoms with Gasteiger partial charge in [-0.3, -0.25) is 14.8 Å². The van der Waals surface area contributed by atoms with Crippen molar-refractivity contribution in [1.29, 1.82) is 0 Å². The van der Waals surface area contributed by atoms with Crippen molar-refractivity contribution in [3.8, 4) is 11.6 Å². The van der Waals surface area contributed by atoms with E-state index in [0.29, 0.717) is 25.1 Å². The molecule has 0 bridgehead atoms. The SMILES string of the molecule is Cn1ccc(-c2nnc(NC(=O)C3CCCN3S(=O)(=O)c3cccs3)o2)n1. The monoisotopic (exact) mass is 408 g/mol. The van der Waals surface area contributed by atoms with E-state index in [-0.39, 0.29) is 16.1 Å². The van der Waals surface area contributed by atoms with E-state index < -0.39 is 22.0 Å². The number of aromatic nitrogens is 4. The first-order valence-electron chi connectivity index (χ1n) is 8.15. The number of thiophene rings is 1. The molecule has 3 aromatic rings. The normalized spacial score (nSPS) is 18.0. The molecule has 0 aliphatic carbocycles. The van der Waals surface area contributed by atoms with Crippen molar-refractivity contribution in [2.45, 2.75) is 23.1 Å². The summed E-state index contributed by atoms with van der Waals surface area (Å²) in [5, 5.41) is 16.0. The minimum atomic E-state index is -3.71. The van der Waals surface area contributed by atoms with Crippen LogP contribution in [-0.4, -0.2) is 51.2 Å². The zero-order valence-electron chi connectivity index (χ0n) is 14.3. The number of amides is 1. The summed E-state index contributed by atoms with van der Waals surface area (Å²) in [6, 6.07) is 3.99. The van der Waals surface area contributed by atoms with E-state index >= 15 is 0 Å². The van der Waals surface area contributed by atoms with Crippen LogP contribution in [0.15, 0.2) is 38.4 Å². The Labute approximate surface area is 158 Å². The van der Waals surface area contributed by atoms with Gasteiger partial charge in [0.2, 0.25) is 5.91 Å². The van der Waals surface area contributed by atoms with E-state index in [9.17, 15) is 13.2 Å². The quantitative estimate of drug-likeness (QED) is 0.675. The summed E-state index contributed by atoms with van der Waals surface area (Å²) in [4.78, 5) is 12.6. The van der Waals surface area contributed by atoms with Gasteiger partial charge in [0, 0.05) is 19.8 Å². The Kier molecular flexibility index (Phi) is 4.53. The first-order chi connectivity index (χ1) is 12.9. The van der Waals surface area contributed by atoms with Crippen molar-refractivity contribution >= 4 is 33.3 Å².